The molecule has 1 saturated carbocycles. The summed E-state index contributed by atoms with van der Waals surface area (Å²) >= 11 is 6.08. The van der Waals surface area contributed by atoms with E-state index < -0.39 is 10.0 Å². The molecular formula is C15H23ClN2O2S. The Morgan fingerprint density at radius 3 is 2.52 bits per heavy atom. The fourth-order valence-corrected chi connectivity index (χ4v) is 4.75. The average Bonchev–Trinajstić information content (AvgIpc) is 2.90. The summed E-state index contributed by atoms with van der Waals surface area (Å²) in [5.41, 5.74) is 7.11. The molecule has 0 heterocycles. The van der Waals surface area contributed by atoms with Crippen LogP contribution in [0.4, 0.5) is 5.69 Å². The zero-order valence-electron chi connectivity index (χ0n) is 12.6. The van der Waals surface area contributed by atoms with Crippen LogP contribution in [0, 0.1) is 12.3 Å². The largest absolute Gasteiger partial charge is 0.398 e. The fourth-order valence-electron chi connectivity index (χ4n) is 2.98. The van der Waals surface area contributed by atoms with E-state index in [-0.39, 0.29) is 15.3 Å². The summed E-state index contributed by atoms with van der Waals surface area (Å²) in [6, 6.07) is 3.03. The van der Waals surface area contributed by atoms with Gasteiger partial charge in [-0.25, -0.2) is 13.1 Å². The molecule has 6 heteroatoms. The summed E-state index contributed by atoms with van der Waals surface area (Å²) in [5, 5.41) is 0.214. The first-order chi connectivity index (χ1) is 9.80. The smallest absolute Gasteiger partial charge is 0.242 e. The van der Waals surface area contributed by atoms with Crippen molar-refractivity contribution in [2.45, 2.75) is 50.8 Å². The molecule has 1 aliphatic carbocycles. The van der Waals surface area contributed by atoms with Gasteiger partial charge in [-0.3, -0.25) is 0 Å². The van der Waals surface area contributed by atoms with Crippen LogP contribution in [0.2, 0.25) is 5.02 Å². The van der Waals surface area contributed by atoms with Gasteiger partial charge in [0.15, 0.2) is 0 Å². The van der Waals surface area contributed by atoms with E-state index in [2.05, 4.69) is 11.6 Å². The molecule has 0 unspecified atom stereocenters. The SMILES string of the molecule is CCC1(CNS(=O)(=O)c2cc(N)c(C)cc2Cl)CCCC1. The van der Waals surface area contributed by atoms with E-state index in [1.807, 2.05) is 0 Å². The van der Waals surface area contributed by atoms with E-state index in [9.17, 15) is 8.42 Å². The Hall–Kier alpha value is -0.780. The Kier molecular flexibility index (Phi) is 4.85. The fraction of sp³-hybridized carbons (Fsp3) is 0.600. The lowest BCUT2D eigenvalue weighted by Crippen LogP contribution is -2.35. The minimum Gasteiger partial charge on any atom is -0.398 e. The Morgan fingerprint density at radius 1 is 1.33 bits per heavy atom. The van der Waals surface area contributed by atoms with Gasteiger partial charge in [0.05, 0.1) is 5.02 Å². The number of anilines is 1. The average molecular weight is 331 g/mol. The lowest BCUT2D eigenvalue weighted by atomic mass is 9.84. The second-order valence-electron chi connectivity index (χ2n) is 6.02. The van der Waals surface area contributed by atoms with E-state index in [1.165, 1.54) is 18.9 Å². The van der Waals surface area contributed by atoms with Crippen molar-refractivity contribution in [3.63, 3.8) is 0 Å². The first-order valence-electron chi connectivity index (χ1n) is 7.35. The number of benzene rings is 1. The molecule has 1 aromatic carbocycles. The van der Waals surface area contributed by atoms with E-state index in [1.54, 1.807) is 13.0 Å². The zero-order valence-corrected chi connectivity index (χ0v) is 14.1. The van der Waals surface area contributed by atoms with E-state index in [4.69, 9.17) is 17.3 Å². The summed E-state index contributed by atoms with van der Waals surface area (Å²) < 4.78 is 27.7. The van der Waals surface area contributed by atoms with Gasteiger partial charge in [0.2, 0.25) is 10.0 Å². The lowest BCUT2D eigenvalue weighted by Gasteiger charge is -2.27. The van der Waals surface area contributed by atoms with E-state index in [0.29, 0.717) is 12.2 Å². The lowest BCUT2D eigenvalue weighted by molar-refractivity contribution is 0.285. The number of nitrogens with two attached hydrogens (primary N) is 1. The molecule has 0 atom stereocenters. The molecule has 0 aromatic heterocycles. The van der Waals surface area contributed by atoms with Crippen LogP contribution in [-0.4, -0.2) is 15.0 Å². The van der Waals surface area contributed by atoms with Crippen molar-refractivity contribution in [2.24, 2.45) is 5.41 Å². The number of rotatable bonds is 5. The van der Waals surface area contributed by atoms with Crippen LogP contribution in [0.1, 0.15) is 44.6 Å². The number of aryl methyl sites for hydroxylation is 1. The van der Waals surface area contributed by atoms with Crippen LogP contribution in [-0.2, 0) is 10.0 Å². The van der Waals surface area contributed by atoms with Crippen molar-refractivity contribution >= 4 is 27.3 Å². The summed E-state index contributed by atoms with van der Waals surface area (Å²) in [6.07, 6.45) is 5.49. The summed E-state index contributed by atoms with van der Waals surface area (Å²) in [5.74, 6) is 0. The predicted octanol–water partition coefficient (Wildman–Crippen LogP) is 3.48. The van der Waals surface area contributed by atoms with Crippen LogP contribution in [0.5, 0.6) is 0 Å². The van der Waals surface area contributed by atoms with Crippen molar-refractivity contribution in [1.82, 2.24) is 4.72 Å². The molecule has 0 saturated heterocycles. The highest BCUT2D eigenvalue weighted by Gasteiger charge is 2.33. The Morgan fingerprint density at radius 2 is 1.95 bits per heavy atom. The number of halogens is 1. The first kappa shape index (κ1) is 16.6. The minimum absolute atomic E-state index is 0.0662. The van der Waals surface area contributed by atoms with Gasteiger partial charge in [0.25, 0.3) is 0 Å². The standard InChI is InChI=1S/C15H23ClN2O2S/c1-3-15(6-4-5-7-15)10-18-21(19,20)14-9-13(17)11(2)8-12(14)16/h8-9,18H,3-7,10,17H2,1-2H3. The first-order valence-corrected chi connectivity index (χ1v) is 9.21. The zero-order chi connectivity index (χ0) is 15.7. The highest BCUT2D eigenvalue weighted by molar-refractivity contribution is 7.89. The molecule has 0 aliphatic heterocycles. The van der Waals surface area contributed by atoms with Gasteiger partial charge in [0.1, 0.15) is 4.90 Å². The third-order valence-corrected chi connectivity index (χ3v) is 6.53. The van der Waals surface area contributed by atoms with Gasteiger partial charge in [0, 0.05) is 12.2 Å². The molecule has 0 amide bonds. The van der Waals surface area contributed by atoms with Crippen molar-refractivity contribution in [3.8, 4) is 0 Å². The van der Waals surface area contributed by atoms with Gasteiger partial charge in [-0.15, -0.1) is 0 Å². The van der Waals surface area contributed by atoms with Gasteiger partial charge < -0.3 is 5.73 Å². The maximum atomic E-state index is 12.5. The molecule has 21 heavy (non-hydrogen) atoms. The third-order valence-electron chi connectivity index (χ3n) is 4.66. The summed E-state index contributed by atoms with van der Waals surface area (Å²) in [6.45, 7) is 4.39. The molecular weight excluding hydrogens is 308 g/mol. The normalized spacial score (nSPS) is 18.0. The van der Waals surface area contributed by atoms with E-state index in [0.717, 1.165) is 24.8 Å². The van der Waals surface area contributed by atoms with E-state index >= 15 is 0 Å². The number of hydrogen-bond donors (Lipinski definition) is 2. The van der Waals surface area contributed by atoms with Crippen molar-refractivity contribution in [1.29, 1.82) is 0 Å². The van der Waals surface area contributed by atoms with Crippen molar-refractivity contribution in [3.05, 3.63) is 22.7 Å². The molecule has 3 N–H and O–H groups in total. The summed E-state index contributed by atoms with van der Waals surface area (Å²) in [7, 11) is -3.63. The van der Waals surface area contributed by atoms with Crippen molar-refractivity contribution < 1.29 is 8.42 Å². The second-order valence-corrected chi connectivity index (χ2v) is 8.17. The number of sulfonamides is 1. The molecule has 0 radical (unpaired) electrons. The third kappa shape index (κ3) is 3.52. The van der Waals surface area contributed by atoms with Crippen molar-refractivity contribution in [2.75, 3.05) is 12.3 Å². The quantitative estimate of drug-likeness (QED) is 0.812. The topological polar surface area (TPSA) is 72.2 Å². The maximum Gasteiger partial charge on any atom is 0.242 e. The van der Waals surface area contributed by atoms with Crippen LogP contribution in [0.15, 0.2) is 17.0 Å². The monoisotopic (exact) mass is 330 g/mol. The molecule has 118 valence electrons. The Balaban J connectivity index is 2.21. The van der Waals surface area contributed by atoms with Gasteiger partial charge in [-0.1, -0.05) is 31.4 Å². The Bertz CT molecular complexity index is 623. The second kappa shape index (κ2) is 6.15. The molecule has 2 rings (SSSR count). The van der Waals surface area contributed by atoms with Gasteiger partial charge in [-0.05, 0) is 49.3 Å². The molecule has 1 aromatic rings. The minimum atomic E-state index is -3.63. The van der Waals surface area contributed by atoms with Crippen LogP contribution < -0.4 is 10.5 Å². The highest BCUT2D eigenvalue weighted by Crippen LogP contribution is 2.40. The molecule has 4 nitrogen and oxygen atoms in total. The highest BCUT2D eigenvalue weighted by atomic mass is 35.5. The van der Waals surface area contributed by atoms with Gasteiger partial charge in [-0.2, -0.15) is 0 Å². The number of hydrogen-bond acceptors (Lipinski definition) is 3. The maximum absolute atomic E-state index is 12.5. The van der Waals surface area contributed by atoms with Crippen LogP contribution >= 0.6 is 11.6 Å². The molecule has 1 aliphatic rings. The molecule has 1 fully saturated rings. The number of nitrogen functional groups attached to an aromatic ring is 1. The Labute approximate surface area is 132 Å². The summed E-state index contributed by atoms with van der Waals surface area (Å²) in [4.78, 5) is 0.0662. The van der Waals surface area contributed by atoms with Crippen LogP contribution in [0.3, 0.4) is 0 Å². The van der Waals surface area contributed by atoms with Crippen LogP contribution in [0.25, 0.3) is 0 Å². The molecule has 0 spiro atoms. The predicted molar refractivity (Wildman–Crippen MR) is 87.0 cm³/mol. The number of nitrogens with one attached hydrogen (secondary N) is 1. The molecule has 0 bridgehead atoms. The van der Waals surface area contributed by atoms with Gasteiger partial charge >= 0.3 is 0 Å².